The maximum Gasteiger partial charge on any atom is 0.129 e. The van der Waals surface area contributed by atoms with Crippen molar-refractivity contribution in [3.63, 3.8) is 0 Å². The molecule has 0 aliphatic heterocycles. The van der Waals surface area contributed by atoms with Gasteiger partial charge in [0, 0.05) is 17.8 Å². The first-order valence-electron chi connectivity index (χ1n) is 5.37. The van der Waals surface area contributed by atoms with E-state index in [4.69, 9.17) is 5.26 Å². The molecule has 0 saturated carbocycles. The fraction of sp³-hybridized carbons (Fsp3) is 0.0714. The molecule has 0 aromatic heterocycles. The molecule has 0 heterocycles. The van der Waals surface area contributed by atoms with Crippen molar-refractivity contribution in [2.75, 3.05) is 5.32 Å². The molecule has 0 bridgehead atoms. The third-order valence-corrected chi connectivity index (χ3v) is 2.51. The van der Waals surface area contributed by atoms with Gasteiger partial charge in [0.15, 0.2) is 0 Å². The highest BCUT2D eigenvalue weighted by Crippen LogP contribution is 2.13. The molecule has 0 atom stereocenters. The molecule has 0 aliphatic rings. The van der Waals surface area contributed by atoms with E-state index >= 15 is 0 Å². The third kappa shape index (κ3) is 2.83. The summed E-state index contributed by atoms with van der Waals surface area (Å²) < 4.78 is 26.2. The molecule has 2 aromatic rings. The Labute approximate surface area is 103 Å². The number of hydrogen-bond acceptors (Lipinski definition) is 2. The van der Waals surface area contributed by atoms with Gasteiger partial charge in [0.25, 0.3) is 0 Å². The van der Waals surface area contributed by atoms with Gasteiger partial charge < -0.3 is 5.32 Å². The number of rotatable bonds is 3. The van der Waals surface area contributed by atoms with Crippen LogP contribution in [-0.2, 0) is 6.54 Å². The van der Waals surface area contributed by atoms with Crippen LogP contribution in [0.15, 0.2) is 42.5 Å². The summed E-state index contributed by atoms with van der Waals surface area (Å²) in [7, 11) is 0. The first-order valence-corrected chi connectivity index (χ1v) is 5.37. The number of anilines is 1. The normalized spacial score (nSPS) is 9.83. The van der Waals surface area contributed by atoms with Crippen LogP contribution < -0.4 is 5.32 Å². The van der Waals surface area contributed by atoms with Crippen molar-refractivity contribution >= 4 is 5.69 Å². The minimum Gasteiger partial charge on any atom is -0.381 e. The molecule has 0 saturated heterocycles. The molecule has 18 heavy (non-hydrogen) atoms. The SMILES string of the molecule is N#Cc1ccc(CNc2ccc(F)cc2)c(F)c1. The van der Waals surface area contributed by atoms with Gasteiger partial charge in [-0.3, -0.25) is 0 Å². The fourth-order valence-electron chi connectivity index (χ4n) is 1.53. The van der Waals surface area contributed by atoms with Crippen LogP contribution >= 0.6 is 0 Å². The predicted octanol–water partition coefficient (Wildman–Crippen LogP) is 3.45. The van der Waals surface area contributed by atoms with Crippen LogP contribution in [0.3, 0.4) is 0 Å². The van der Waals surface area contributed by atoms with Crippen molar-refractivity contribution < 1.29 is 8.78 Å². The number of halogens is 2. The van der Waals surface area contributed by atoms with Crippen LogP contribution in [0.2, 0.25) is 0 Å². The van der Waals surface area contributed by atoms with Gasteiger partial charge in [-0.15, -0.1) is 0 Å². The van der Waals surface area contributed by atoms with Crippen LogP contribution in [0.1, 0.15) is 11.1 Å². The van der Waals surface area contributed by atoms with E-state index in [1.165, 1.54) is 18.2 Å². The fourth-order valence-corrected chi connectivity index (χ4v) is 1.53. The minimum atomic E-state index is -0.427. The number of nitrogens with zero attached hydrogens (tertiary/aromatic N) is 1. The van der Waals surface area contributed by atoms with Gasteiger partial charge in [-0.2, -0.15) is 5.26 Å². The quantitative estimate of drug-likeness (QED) is 0.897. The minimum absolute atomic E-state index is 0.281. The van der Waals surface area contributed by atoms with Gasteiger partial charge in [0.1, 0.15) is 11.6 Å². The van der Waals surface area contributed by atoms with Gasteiger partial charge in [-0.25, -0.2) is 8.78 Å². The Hall–Kier alpha value is -2.41. The Morgan fingerprint density at radius 1 is 1.06 bits per heavy atom. The molecule has 2 rings (SSSR count). The first kappa shape index (κ1) is 12.1. The Morgan fingerprint density at radius 3 is 2.39 bits per heavy atom. The topological polar surface area (TPSA) is 35.8 Å². The lowest BCUT2D eigenvalue weighted by Crippen LogP contribution is -2.02. The van der Waals surface area contributed by atoms with Gasteiger partial charge in [-0.1, -0.05) is 6.07 Å². The molecule has 0 radical (unpaired) electrons. The average molecular weight is 244 g/mol. The summed E-state index contributed by atoms with van der Waals surface area (Å²) in [5.74, 6) is -0.742. The maximum atomic E-state index is 13.6. The van der Waals surface area contributed by atoms with Gasteiger partial charge >= 0.3 is 0 Å². The monoisotopic (exact) mass is 244 g/mol. The summed E-state index contributed by atoms with van der Waals surface area (Å²) in [4.78, 5) is 0. The largest absolute Gasteiger partial charge is 0.381 e. The van der Waals surface area contributed by atoms with E-state index in [2.05, 4.69) is 5.32 Å². The van der Waals surface area contributed by atoms with Gasteiger partial charge in [0.05, 0.1) is 11.6 Å². The Kier molecular flexibility index (Phi) is 3.54. The third-order valence-electron chi connectivity index (χ3n) is 2.51. The predicted molar refractivity (Wildman–Crippen MR) is 64.8 cm³/mol. The lowest BCUT2D eigenvalue weighted by Gasteiger charge is -2.07. The van der Waals surface area contributed by atoms with E-state index in [1.54, 1.807) is 24.3 Å². The molecule has 0 unspecified atom stereocenters. The molecule has 0 amide bonds. The standard InChI is InChI=1S/C14H10F2N2/c15-12-3-5-13(6-4-12)18-9-11-2-1-10(8-17)7-14(11)16/h1-7,18H,9H2. The van der Waals surface area contributed by atoms with Crippen molar-refractivity contribution in [1.82, 2.24) is 0 Å². The number of nitriles is 1. The van der Waals surface area contributed by atoms with E-state index in [9.17, 15) is 8.78 Å². The smallest absolute Gasteiger partial charge is 0.129 e. The van der Waals surface area contributed by atoms with Crippen LogP contribution in [0.5, 0.6) is 0 Å². The highest BCUT2D eigenvalue weighted by atomic mass is 19.1. The summed E-state index contributed by atoms with van der Waals surface area (Å²) in [5.41, 5.74) is 1.46. The van der Waals surface area contributed by atoms with Crippen molar-refractivity contribution in [1.29, 1.82) is 5.26 Å². The molecular weight excluding hydrogens is 234 g/mol. The molecule has 4 heteroatoms. The van der Waals surface area contributed by atoms with Gasteiger partial charge in [-0.05, 0) is 36.4 Å². The zero-order valence-corrected chi connectivity index (χ0v) is 9.45. The summed E-state index contributed by atoms with van der Waals surface area (Å²) in [6.07, 6.45) is 0. The van der Waals surface area contributed by atoms with Crippen molar-refractivity contribution in [3.05, 3.63) is 65.2 Å². The molecule has 0 fully saturated rings. The van der Waals surface area contributed by atoms with E-state index in [1.807, 2.05) is 6.07 Å². The van der Waals surface area contributed by atoms with E-state index in [0.29, 0.717) is 11.3 Å². The lowest BCUT2D eigenvalue weighted by molar-refractivity contribution is 0.612. The zero-order valence-electron chi connectivity index (χ0n) is 9.45. The second-order valence-corrected chi connectivity index (χ2v) is 3.78. The van der Waals surface area contributed by atoms with Crippen LogP contribution in [0, 0.1) is 23.0 Å². The van der Waals surface area contributed by atoms with Crippen molar-refractivity contribution in [3.8, 4) is 6.07 Å². The van der Waals surface area contributed by atoms with Crippen LogP contribution in [0.4, 0.5) is 14.5 Å². The molecule has 1 N–H and O–H groups in total. The first-order chi connectivity index (χ1) is 8.69. The molecular formula is C14H10F2N2. The van der Waals surface area contributed by atoms with Gasteiger partial charge in [0.2, 0.25) is 0 Å². The van der Waals surface area contributed by atoms with Crippen molar-refractivity contribution in [2.45, 2.75) is 6.54 Å². The number of benzene rings is 2. The Balaban J connectivity index is 2.06. The van der Waals surface area contributed by atoms with E-state index in [0.717, 1.165) is 0 Å². The second-order valence-electron chi connectivity index (χ2n) is 3.78. The molecule has 90 valence electrons. The maximum absolute atomic E-state index is 13.6. The summed E-state index contributed by atoms with van der Waals surface area (Å²) >= 11 is 0. The molecule has 0 aliphatic carbocycles. The second kappa shape index (κ2) is 5.28. The number of hydrogen-bond donors (Lipinski definition) is 1. The van der Waals surface area contributed by atoms with Crippen LogP contribution in [-0.4, -0.2) is 0 Å². The zero-order chi connectivity index (χ0) is 13.0. The molecule has 2 nitrogen and oxygen atoms in total. The summed E-state index contributed by atoms with van der Waals surface area (Å²) in [6.45, 7) is 0.281. The number of nitrogens with one attached hydrogen (secondary N) is 1. The summed E-state index contributed by atoms with van der Waals surface area (Å²) in [5, 5.41) is 11.6. The molecule has 2 aromatic carbocycles. The van der Waals surface area contributed by atoms with Crippen molar-refractivity contribution in [2.24, 2.45) is 0 Å². The van der Waals surface area contributed by atoms with Crippen LogP contribution in [0.25, 0.3) is 0 Å². The Morgan fingerprint density at radius 2 is 1.78 bits per heavy atom. The lowest BCUT2D eigenvalue weighted by atomic mass is 10.1. The highest BCUT2D eigenvalue weighted by molar-refractivity contribution is 5.44. The average Bonchev–Trinajstić information content (AvgIpc) is 2.39. The Bertz CT molecular complexity index is 586. The van der Waals surface area contributed by atoms with E-state index < -0.39 is 5.82 Å². The molecule has 0 spiro atoms. The highest BCUT2D eigenvalue weighted by Gasteiger charge is 2.03. The van der Waals surface area contributed by atoms with E-state index in [-0.39, 0.29) is 17.9 Å². The summed E-state index contributed by atoms with van der Waals surface area (Å²) in [6, 6.07) is 12.0.